The molecule has 2 N–H and O–H groups in total. The van der Waals surface area contributed by atoms with Crippen LogP contribution in [-0.4, -0.2) is 36.1 Å². The summed E-state index contributed by atoms with van der Waals surface area (Å²) < 4.78 is 0. The Balaban J connectivity index is 2.08. The van der Waals surface area contributed by atoms with E-state index in [2.05, 4.69) is 15.3 Å². The van der Waals surface area contributed by atoms with E-state index in [-0.39, 0.29) is 5.56 Å². The van der Waals surface area contributed by atoms with Gasteiger partial charge in [-0.15, -0.1) is 0 Å². The van der Waals surface area contributed by atoms with Crippen LogP contribution in [0.3, 0.4) is 0 Å². The van der Waals surface area contributed by atoms with Crippen LogP contribution < -0.4 is 15.8 Å². The van der Waals surface area contributed by atoms with Crippen molar-refractivity contribution in [1.82, 2.24) is 15.3 Å². The average Bonchev–Trinajstić information content (AvgIpc) is 2.30. The fourth-order valence-corrected chi connectivity index (χ4v) is 1.95. The van der Waals surface area contributed by atoms with Crippen LogP contribution in [0.1, 0.15) is 12.8 Å². The first-order valence-electron chi connectivity index (χ1n) is 5.27. The van der Waals surface area contributed by atoms with E-state index in [0.717, 1.165) is 25.9 Å². The van der Waals surface area contributed by atoms with Gasteiger partial charge in [-0.3, -0.25) is 4.79 Å². The maximum Gasteiger partial charge on any atom is 0.290 e. The number of hydrogen-bond acceptors (Lipinski definition) is 4. The van der Waals surface area contributed by atoms with Crippen molar-refractivity contribution in [3.63, 3.8) is 0 Å². The van der Waals surface area contributed by atoms with E-state index in [1.54, 1.807) is 12.4 Å². The average molecular weight is 208 g/mol. The van der Waals surface area contributed by atoms with Crippen LogP contribution in [0.5, 0.6) is 0 Å². The summed E-state index contributed by atoms with van der Waals surface area (Å²) in [6.07, 6.45) is 5.31. The molecule has 0 aliphatic carbocycles. The largest absolute Gasteiger partial charge is 0.352 e. The van der Waals surface area contributed by atoms with Crippen LogP contribution >= 0.6 is 0 Å². The van der Waals surface area contributed by atoms with Crippen LogP contribution in [0.4, 0.5) is 5.82 Å². The van der Waals surface area contributed by atoms with E-state index in [1.807, 2.05) is 11.9 Å². The topological polar surface area (TPSA) is 61.0 Å². The van der Waals surface area contributed by atoms with Gasteiger partial charge < -0.3 is 15.2 Å². The van der Waals surface area contributed by atoms with Crippen molar-refractivity contribution in [1.29, 1.82) is 0 Å². The molecule has 1 aliphatic heterocycles. The standard InChI is InChI=1S/C10H16N4O/c1-11-8-2-6-14(7-3-8)9-10(15)13-5-4-12-9/h4-5,8,11H,2-3,6-7H2,1H3,(H,13,15). The normalized spacial score (nSPS) is 18.1. The van der Waals surface area contributed by atoms with Gasteiger partial charge in [0.25, 0.3) is 5.56 Å². The molecule has 1 aromatic rings. The third-order valence-electron chi connectivity index (χ3n) is 2.89. The molecule has 1 aromatic heterocycles. The minimum Gasteiger partial charge on any atom is -0.352 e. The molecule has 1 saturated heterocycles. The zero-order valence-electron chi connectivity index (χ0n) is 8.86. The third kappa shape index (κ3) is 2.18. The quantitative estimate of drug-likeness (QED) is 0.716. The van der Waals surface area contributed by atoms with Crippen LogP contribution in [0.2, 0.25) is 0 Å². The summed E-state index contributed by atoms with van der Waals surface area (Å²) in [5, 5.41) is 3.26. The number of rotatable bonds is 2. The Kier molecular flexibility index (Phi) is 3.01. The molecule has 0 amide bonds. The number of nitrogens with zero attached hydrogens (tertiary/aromatic N) is 2. The number of anilines is 1. The smallest absolute Gasteiger partial charge is 0.290 e. The van der Waals surface area contributed by atoms with Gasteiger partial charge in [-0.05, 0) is 19.9 Å². The molecule has 2 heterocycles. The van der Waals surface area contributed by atoms with Gasteiger partial charge in [-0.25, -0.2) is 4.98 Å². The number of H-pyrrole nitrogens is 1. The summed E-state index contributed by atoms with van der Waals surface area (Å²) in [6, 6.07) is 0.573. The molecule has 15 heavy (non-hydrogen) atoms. The molecule has 0 radical (unpaired) electrons. The van der Waals surface area contributed by atoms with Crippen LogP contribution in [0.15, 0.2) is 17.2 Å². The summed E-state index contributed by atoms with van der Waals surface area (Å²) in [4.78, 5) is 20.3. The molecule has 1 aliphatic rings. The Morgan fingerprint density at radius 3 is 2.87 bits per heavy atom. The summed E-state index contributed by atoms with van der Waals surface area (Å²) >= 11 is 0. The monoisotopic (exact) mass is 208 g/mol. The lowest BCUT2D eigenvalue weighted by Crippen LogP contribution is -2.43. The Bertz CT molecular complexity index is 368. The molecule has 0 saturated carbocycles. The zero-order chi connectivity index (χ0) is 10.7. The Morgan fingerprint density at radius 2 is 2.27 bits per heavy atom. The molecule has 0 atom stereocenters. The summed E-state index contributed by atoms with van der Waals surface area (Å²) in [7, 11) is 1.98. The first kappa shape index (κ1) is 10.2. The van der Waals surface area contributed by atoms with E-state index in [0.29, 0.717) is 11.9 Å². The highest BCUT2D eigenvalue weighted by molar-refractivity contribution is 5.35. The fourth-order valence-electron chi connectivity index (χ4n) is 1.95. The van der Waals surface area contributed by atoms with Crippen LogP contribution in [0.25, 0.3) is 0 Å². The number of aromatic amines is 1. The number of aromatic nitrogens is 2. The van der Waals surface area contributed by atoms with Gasteiger partial charge in [0.2, 0.25) is 0 Å². The first-order valence-corrected chi connectivity index (χ1v) is 5.27. The van der Waals surface area contributed by atoms with Gasteiger partial charge in [0, 0.05) is 31.5 Å². The third-order valence-corrected chi connectivity index (χ3v) is 2.89. The van der Waals surface area contributed by atoms with Gasteiger partial charge in [0.15, 0.2) is 5.82 Å². The highest BCUT2D eigenvalue weighted by atomic mass is 16.1. The maximum atomic E-state index is 11.5. The minimum atomic E-state index is -0.0968. The summed E-state index contributed by atoms with van der Waals surface area (Å²) in [6.45, 7) is 1.79. The molecule has 0 aromatic carbocycles. The molecule has 2 rings (SSSR count). The second-order valence-corrected chi connectivity index (χ2v) is 3.79. The first-order chi connectivity index (χ1) is 7.31. The molecule has 0 bridgehead atoms. The Morgan fingerprint density at radius 1 is 1.53 bits per heavy atom. The molecular formula is C10H16N4O. The fraction of sp³-hybridized carbons (Fsp3) is 0.600. The zero-order valence-corrected chi connectivity index (χ0v) is 8.86. The highest BCUT2D eigenvalue weighted by Gasteiger charge is 2.20. The van der Waals surface area contributed by atoms with Crippen molar-refractivity contribution >= 4 is 5.82 Å². The molecule has 82 valence electrons. The van der Waals surface area contributed by atoms with Gasteiger partial charge in [-0.2, -0.15) is 0 Å². The molecule has 1 fully saturated rings. The lowest BCUT2D eigenvalue weighted by molar-refractivity contribution is 0.440. The van der Waals surface area contributed by atoms with E-state index in [1.165, 1.54) is 0 Å². The van der Waals surface area contributed by atoms with Gasteiger partial charge in [-0.1, -0.05) is 0 Å². The molecule has 5 heteroatoms. The number of nitrogens with one attached hydrogen (secondary N) is 2. The SMILES string of the molecule is CNC1CCN(c2ncc[nH]c2=O)CC1. The van der Waals surface area contributed by atoms with Gasteiger partial charge in [0.1, 0.15) is 0 Å². The molecule has 0 unspecified atom stereocenters. The lowest BCUT2D eigenvalue weighted by Gasteiger charge is -2.31. The predicted molar refractivity (Wildman–Crippen MR) is 59.2 cm³/mol. The van der Waals surface area contributed by atoms with E-state index in [4.69, 9.17) is 0 Å². The minimum absolute atomic E-state index is 0.0968. The van der Waals surface area contributed by atoms with Gasteiger partial charge in [0.05, 0.1) is 0 Å². The summed E-state index contributed by atoms with van der Waals surface area (Å²) in [5.41, 5.74) is -0.0968. The van der Waals surface area contributed by atoms with Crippen LogP contribution in [0, 0.1) is 0 Å². The van der Waals surface area contributed by atoms with Crippen molar-refractivity contribution in [2.24, 2.45) is 0 Å². The van der Waals surface area contributed by atoms with Gasteiger partial charge >= 0.3 is 0 Å². The van der Waals surface area contributed by atoms with Crippen molar-refractivity contribution < 1.29 is 0 Å². The molecule has 0 spiro atoms. The van der Waals surface area contributed by atoms with Crippen molar-refractivity contribution in [3.8, 4) is 0 Å². The molecular weight excluding hydrogens is 192 g/mol. The van der Waals surface area contributed by atoms with Crippen molar-refractivity contribution in [2.75, 3.05) is 25.0 Å². The van der Waals surface area contributed by atoms with E-state index in [9.17, 15) is 4.79 Å². The Hall–Kier alpha value is -1.36. The van der Waals surface area contributed by atoms with Crippen LogP contribution in [-0.2, 0) is 0 Å². The predicted octanol–water partition coefficient (Wildman–Crippen LogP) is -0.0419. The Labute approximate surface area is 88.5 Å². The number of piperidine rings is 1. The number of hydrogen-bond donors (Lipinski definition) is 2. The van der Waals surface area contributed by atoms with Crippen molar-refractivity contribution in [2.45, 2.75) is 18.9 Å². The molecule has 5 nitrogen and oxygen atoms in total. The van der Waals surface area contributed by atoms with Crippen molar-refractivity contribution in [3.05, 3.63) is 22.7 Å². The van der Waals surface area contributed by atoms with E-state index >= 15 is 0 Å². The second kappa shape index (κ2) is 4.44. The lowest BCUT2D eigenvalue weighted by atomic mass is 10.1. The van der Waals surface area contributed by atoms with E-state index < -0.39 is 0 Å². The summed E-state index contributed by atoms with van der Waals surface area (Å²) in [5.74, 6) is 0.548. The maximum absolute atomic E-state index is 11.5. The second-order valence-electron chi connectivity index (χ2n) is 3.79. The highest BCUT2D eigenvalue weighted by Crippen LogP contribution is 2.13.